The summed E-state index contributed by atoms with van der Waals surface area (Å²) in [5, 5.41) is 12.4. The van der Waals surface area contributed by atoms with E-state index in [9.17, 15) is 4.79 Å². The van der Waals surface area contributed by atoms with E-state index in [1.807, 2.05) is 0 Å². The largest absolute Gasteiger partial charge is 0.326 e. The third kappa shape index (κ3) is 3.20. The van der Waals surface area contributed by atoms with Gasteiger partial charge in [0.1, 0.15) is 0 Å². The lowest BCUT2D eigenvalue weighted by atomic mass is 10.4. The molecule has 0 atom stereocenters. The molecular weight excluding hydrogens is 182 g/mol. The highest BCUT2D eigenvalue weighted by Crippen LogP contribution is 1.87. The maximum absolute atomic E-state index is 9.81. The van der Waals surface area contributed by atoms with Crippen molar-refractivity contribution >= 4 is 6.29 Å². The van der Waals surface area contributed by atoms with Gasteiger partial charge >= 0.3 is 0 Å². The SMILES string of the molecule is NCc1cn[nH]c1.O=Cc1cn[nH]c1. The van der Waals surface area contributed by atoms with Gasteiger partial charge in [-0.05, 0) is 0 Å². The standard InChI is InChI=1S/C4H7N3.C4H4N2O/c5-1-4-2-6-7-3-4;7-3-4-1-5-6-2-4/h2-3H,1,5H2,(H,6,7);1-3H,(H,5,6). The second-order valence-electron chi connectivity index (χ2n) is 2.46. The van der Waals surface area contributed by atoms with Crippen LogP contribution in [0.2, 0.25) is 0 Å². The molecule has 2 heterocycles. The summed E-state index contributed by atoms with van der Waals surface area (Å²) in [6, 6.07) is 0. The third-order valence-electron chi connectivity index (χ3n) is 1.45. The van der Waals surface area contributed by atoms with Crippen molar-refractivity contribution in [1.82, 2.24) is 20.4 Å². The first kappa shape index (κ1) is 10.1. The number of nitrogens with zero attached hydrogens (tertiary/aromatic N) is 2. The molecule has 74 valence electrons. The number of nitrogens with two attached hydrogens (primary N) is 1. The average Bonchev–Trinajstić information content (AvgIpc) is 2.92. The van der Waals surface area contributed by atoms with E-state index in [0.29, 0.717) is 12.1 Å². The van der Waals surface area contributed by atoms with Gasteiger partial charge in [0.25, 0.3) is 0 Å². The van der Waals surface area contributed by atoms with Crippen molar-refractivity contribution in [1.29, 1.82) is 0 Å². The van der Waals surface area contributed by atoms with Crippen LogP contribution >= 0.6 is 0 Å². The fourth-order valence-corrected chi connectivity index (χ4v) is 0.715. The van der Waals surface area contributed by atoms with Gasteiger partial charge in [0.15, 0.2) is 6.29 Å². The molecule has 0 aliphatic carbocycles. The normalized spacial score (nSPS) is 8.93. The van der Waals surface area contributed by atoms with Crippen LogP contribution in [0.4, 0.5) is 0 Å². The van der Waals surface area contributed by atoms with Crippen molar-refractivity contribution in [2.75, 3.05) is 0 Å². The molecule has 0 fully saturated rings. The number of rotatable bonds is 2. The molecule has 0 spiro atoms. The molecule has 2 aromatic rings. The van der Waals surface area contributed by atoms with Crippen LogP contribution in [0, 0.1) is 0 Å². The zero-order valence-electron chi connectivity index (χ0n) is 7.47. The molecule has 4 N–H and O–H groups in total. The number of hydrogen-bond donors (Lipinski definition) is 3. The highest BCUT2D eigenvalue weighted by atomic mass is 16.1. The van der Waals surface area contributed by atoms with Gasteiger partial charge in [-0.3, -0.25) is 15.0 Å². The Hall–Kier alpha value is -1.95. The summed E-state index contributed by atoms with van der Waals surface area (Å²) in [5.74, 6) is 0. The zero-order chi connectivity index (χ0) is 10.2. The highest BCUT2D eigenvalue weighted by Gasteiger charge is 1.83. The number of aromatic amines is 2. The van der Waals surface area contributed by atoms with E-state index in [2.05, 4.69) is 20.4 Å². The van der Waals surface area contributed by atoms with Crippen LogP contribution in [0.5, 0.6) is 0 Å². The minimum Gasteiger partial charge on any atom is -0.326 e. The van der Waals surface area contributed by atoms with Gasteiger partial charge in [-0.15, -0.1) is 0 Å². The van der Waals surface area contributed by atoms with Crippen LogP contribution in [0.3, 0.4) is 0 Å². The van der Waals surface area contributed by atoms with E-state index in [4.69, 9.17) is 5.73 Å². The summed E-state index contributed by atoms with van der Waals surface area (Å²) in [4.78, 5) is 9.81. The van der Waals surface area contributed by atoms with E-state index >= 15 is 0 Å². The fraction of sp³-hybridized carbons (Fsp3) is 0.125. The van der Waals surface area contributed by atoms with Gasteiger partial charge in [-0.1, -0.05) is 0 Å². The quantitative estimate of drug-likeness (QED) is 0.588. The first-order chi connectivity index (χ1) is 6.86. The molecule has 2 aromatic heterocycles. The Bertz CT molecular complexity index is 340. The molecule has 0 aliphatic rings. The van der Waals surface area contributed by atoms with E-state index in [1.165, 1.54) is 12.4 Å². The lowest BCUT2D eigenvalue weighted by Gasteiger charge is -1.77. The number of nitrogens with one attached hydrogen (secondary N) is 2. The van der Waals surface area contributed by atoms with E-state index in [1.54, 1.807) is 12.4 Å². The van der Waals surface area contributed by atoms with Gasteiger partial charge in [-0.25, -0.2) is 0 Å². The van der Waals surface area contributed by atoms with Crippen molar-refractivity contribution in [3.63, 3.8) is 0 Å². The number of hydrogen-bond acceptors (Lipinski definition) is 4. The molecule has 0 amide bonds. The smallest absolute Gasteiger partial charge is 0.153 e. The Morgan fingerprint density at radius 2 is 2.00 bits per heavy atom. The first-order valence-corrected chi connectivity index (χ1v) is 3.98. The molecule has 6 heteroatoms. The maximum atomic E-state index is 9.81. The predicted molar refractivity (Wildman–Crippen MR) is 50.5 cm³/mol. The number of aromatic nitrogens is 4. The molecule has 6 nitrogen and oxygen atoms in total. The zero-order valence-corrected chi connectivity index (χ0v) is 7.47. The van der Waals surface area contributed by atoms with Crippen LogP contribution in [0.15, 0.2) is 24.8 Å². The number of carbonyl (C=O) groups excluding carboxylic acids is 1. The highest BCUT2D eigenvalue weighted by molar-refractivity contribution is 5.73. The molecule has 0 aromatic carbocycles. The van der Waals surface area contributed by atoms with Gasteiger partial charge < -0.3 is 5.73 Å². The third-order valence-corrected chi connectivity index (χ3v) is 1.45. The topological polar surface area (TPSA) is 100 Å². The summed E-state index contributed by atoms with van der Waals surface area (Å²) in [6.07, 6.45) is 7.23. The molecule has 0 unspecified atom stereocenters. The Balaban J connectivity index is 0.000000140. The minimum absolute atomic E-state index is 0.566. The van der Waals surface area contributed by atoms with E-state index in [-0.39, 0.29) is 0 Å². The Morgan fingerprint density at radius 1 is 1.29 bits per heavy atom. The summed E-state index contributed by atoms with van der Waals surface area (Å²) in [5.41, 5.74) is 6.86. The Labute approximate surface area is 80.5 Å². The van der Waals surface area contributed by atoms with Crippen LogP contribution in [0.25, 0.3) is 0 Å². The maximum Gasteiger partial charge on any atom is 0.153 e. The molecule has 0 bridgehead atoms. The van der Waals surface area contributed by atoms with Crippen LogP contribution in [-0.2, 0) is 6.54 Å². The summed E-state index contributed by atoms with van der Waals surface area (Å²) in [7, 11) is 0. The molecule has 0 aliphatic heterocycles. The molecule has 0 saturated carbocycles. The van der Waals surface area contributed by atoms with Crippen molar-refractivity contribution in [3.8, 4) is 0 Å². The van der Waals surface area contributed by atoms with Gasteiger partial charge in [-0.2, -0.15) is 10.2 Å². The number of carbonyl (C=O) groups is 1. The van der Waals surface area contributed by atoms with E-state index < -0.39 is 0 Å². The average molecular weight is 193 g/mol. The molecule has 0 radical (unpaired) electrons. The second kappa shape index (κ2) is 5.65. The Kier molecular flexibility index (Phi) is 4.09. The summed E-state index contributed by atoms with van der Waals surface area (Å²) >= 11 is 0. The molecule has 2 rings (SSSR count). The number of aldehydes is 1. The van der Waals surface area contributed by atoms with Crippen molar-refractivity contribution in [3.05, 3.63) is 35.9 Å². The van der Waals surface area contributed by atoms with Gasteiger partial charge in [0.05, 0.1) is 18.0 Å². The fourth-order valence-electron chi connectivity index (χ4n) is 0.715. The van der Waals surface area contributed by atoms with Crippen LogP contribution < -0.4 is 5.73 Å². The van der Waals surface area contributed by atoms with Crippen molar-refractivity contribution in [2.45, 2.75) is 6.54 Å². The summed E-state index contributed by atoms with van der Waals surface area (Å²) in [6.45, 7) is 0.566. The van der Waals surface area contributed by atoms with Crippen molar-refractivity contribution < 1.29 is 4.79 Å². The first-order valence-electron chi connectivity index (χ1n) is 3.98. The predicted octanol–water partition coefficient (Wildman–Crippen LogP) is 0.0906. The monoisotopic (exact) mass is 193 g/mol. The van der Waals surface area contributed by atoms with Crippen LogP contribution in [-0.4, -0.2) is 26.7 Å². The van der Waals surface area contributed by atoms with Gasteiger partial charge in [0.2, 0.25) is 0 Å². The number of H-pyrrole nitrogens is 2. The van der Waals surface area contributed by atoms with Gasteiger partial charge in [0, 0.05) is 24.5 Å². The second-order valence-corrected chi connectivity index (χ2v) is 2.46. The molecular formula is C8H11N5O. The minimum atomic E-state index is 0.566. The lowest BCUT2D eigenvalue weighted by Crippen LogP contribution is -1.92. The summed E-state index contributed by atoms with van der Waals surface area (Å²) < 4.78 is 0. The van der Waals surface area contributed by atoms with E-state index in [0.717, 1.165) is 11.8 Å². The lowest BCUT2D eigenvalue weighted by molar-refractivity contribution is 0.112. The molecule has 0 saturated heterocycles. The van der Waals surface area contributed by atoms with Crippen LogP contribution in [0.1, 0.15) is 15.9 Å². The Morgan fingerprint density at radius 3 is 2.29 bits per heavy atom. The van der Waals surface area contributed by atoms with Crippen molar-refractivity contribution in [2.24, 2.45) is 5.73 Å². The molecule has 14 heavy (non-hydrogen) atoms.